The monoisotopic (exact) mass is 261 g/mol. The molecule has 0 fully saturated rings. The summed E-state index contributed by atoms with van der Waals surface area (Å²) in [6.07, 6.45) is 2.73. The van der Waals surface area contributed by atoms with E-state index in [-0.39, 0.29) is 11.9 Å². The maximum absolute atomic E-state index is 13.4. The predicted molar refractivity (Wildman–Crippen MR) is 74.7 cm³/mol. The summed E-state index contributed by atoms with van der Waals surface area (Å²) < 4.78 is 19.0. The van der Waals surface area contributed by atoms with Crippen LogP contribution in [0.25, 0.3) is 0 Å². The molecule has 0 aliphatic rings. The number of rotatable bonds is 5. The second-order valence-corrected chi connectivity index (χ2v) is 4.86. The maximum Gasteiger partial charge on any atom is 0.128 e. The summed E-state index contributed by atoms with van der Waals surface area (Å²) in [5.41, 5.74) is 2.80. The second-order valence-electron chi connectivity index (χ2n) is 4.86. The molecule has 2 rings (SSSR count). The number of hydrogen-bond acceptors (Lipinski definition) is 2. The molecule has 0 aliphatic carbocycles. The molecule has 1 N–H and O–H groups in total. The topological polar surface area (TPSA) is 25.2 Å². The number of benzene rings is 1. The fraction of sp³-hybridized carbons (Fsp3) is 0.375. The van der Waals surface area contributed by atoms with Gasteiger partial charge in [0.25, 0.3) is 0 Å². The van der Waals surface area contributed by atoms with Crippen LogP contribution in [0.4, 0.5) is 4.39 Å². The van der Waals surface area contributed by atoms with E-state index in [2.05, 4.69) is 12.2 Å². The SMILES string of the molecule is CCCNC(c1ccc(F)c(C)c1)c1occc1C. The molecule has 0 amide bonds. The van der Waals surface area contributed by atoms with Crippen molar-refractivity contribution >= 4 is 0 Å². The van der Waals surface area contributed by atoms with E-state index in [1.54, 1.807) is 13.2 Å². The lowest BCUT2D eigenvalue weighted by molar-refractivity contribution is 0.443. The third-order valence-electron chi connectivity index (χ3n) is 3.28. The van der Waals surface area contributed by atoms with Crippen LogP contribution >= 0.6 is 0 Å². The molecule has 3 heteroatoms. The molecule has 1 atom stereocenters. The zero-order valence-electron chi connectivity index (χ0n) is 11.7. The smallest absolute Gasteiger partial charge is 0.128 e. The minimum atomic E-state index is -0.172. The van der Waals surface area contributed by atoms with Gasteiger partial charge in [-0.3, -0.25) is 0 Å². The van der Waals surface area contributed by atoms with Crippen LogP contribution in [0.5, 0.6) is 0 Å². The fourth-order valence-corrected chi connectivity index (χ4v) is 2.18. The Morgan fingerprint density at radius 2 is 2.00 bits per heavy atom. The molecule has 1 aromatic carbocycles. The zero-order chi connectivity index (χ0) is 13.8. The van der Waals surface area contributed by atoms with Crippen molar-refractivity contribution < 1.29 is 8.81 Å². The molecule has 0 saturated heterocycles. The van der Waals surface area contributed by atoms with Gasteiger partial charge in [-0.25, -0.2) is 4.39 Å². The van der Waals surface area contributed by atoms with Gasteiger partial charge in [-0.2, -0.15) is 0 Å². The van der Waals surface area contributed by atoms with Crippen LogP contribution in [0.1, 0.15) is 41.8 Å². The van der Waals surface area contributed by atoms with E-state index in [4.69, 9.17) is 4.42 Å². The molecule has 1 aromatic heterocycles. The van der Waals surface area contributed by atoms with Crippen LogP contribution < -0.4 is 5.32 Å². The first-order valence-electron chi connectivity index (χ1n) is 6.67. The number of furan rings is 1. The average Bonchev–Trinajstić information content (AvgIpc) is 2.80. The second kappa shape index (κ2) is 6.02. The molecule has 0 bridgehead atoms. The van der Waals surface area contributed by atoms with Gasteiger partial charge < -0.3 is 9.73 Å². The van der Waals surface area contributed by atoms with Gasteiger partial charge in [-0.15, -0.1) is 0 Å². The van der Waals surface area contributed by atoms with E-state index < -0.39 is 0 Å². The summed E-state index contributed by atoms with van der Waals surface area (Å²) in [5.74, 6) is 0.730. The third-order valence-corrected chi connectivity index (χ3v) is 3.28. The van der Waals surface area contributed by atoms with Gasteiger partial charge in [0.2, 0.25) is 0 Å². The van der Waals surface area contributed by atoms with E-state index in [1.807, 2.05) is 25.1 Å². The van der Waals surface area contributed by atoms with Crippen molar-refractivity contribution in [2.24, 2.45) is 0 Å². The number of halogens is 1. The Balaban J connectivity index is 2.37. The molecule has 19 heavy (non-hydrogen) atoms. The van der Waals surface area contributed by atoms with Gasteiger partial charge in [0.05, 0.1) is 12.3 Å². The Hall–Kier alpha value is -1.61. The Morgan fingerprint density at radius 1 is 1.21 bits per heavy atom. The summed E-state index contributed by atoms with van der Waals surface area (Å²) in [7, 11) is 0. The van der Waals surface area contributed by atoms with E-state index in [9.17, 15) is 4.39 Å². The van der Waals surface area contributed by atoms with Crippen LogP contribution in [-0.4, -0.2) is 6.54 Å². The van der Waals surface area contributed by atoms with Crippen molar-refractivity contribution in [1.29, 1.82) is 0 Å². The summed E-state index contributed by atoms with van der Waals surface area (Å²) in [6.45, 7) is 6.82. The van der Waals surface area contributed by atoms with Gasteiger partial charge >= 0.3 is 0 Å². The van der Waals surface area contributed by atoms with Crippen LogP contribution in [0, 0.1) is 19.7 Å². The molecule has 102 valence electrons. The molecular weight excluding hydrogens is 241 g/mol. The minimum Gasteiger partial charge on any atom is -0.467 e. The Morgan fingerprint density at radius 3 is 2.58 bits per heavy atom. The average molecular weight is 261 g/mol. The Kier molecular flexibility index (Phi) is 4.38. The quantitative estimate of drug-likeness (QED) is 0.875. The molecule has 2 nitrogen and oxygen atoms in total. The highest BCUT2D eigenvalue weighted by Gasteiger charge is 2.19. The molecule has 0 aliphatic heterocycles. The molecule has 0 spiro atoms. The van der Waals surface area contributed by atoms with Crippen molar-refractivity contribution in [2.45, 2.75) is 33.2 Å². The number of aryl methyl sites for hydroxylation is 2. The zero-order valence-corrected chi connectivity index (χ0v) is 11.7. The van der Waals surface area contributed by atoms with Crippen LogP contribution in [0.3, 0.4) is 0 Å². The highest BCUT2D eigenvalue weighted by molar-refractivity contribution is 5.33. The summed E-state index contributed by atoms with van der Waals surface area (Å²) >= 11 is 0. The summed E-state index contributed by atoms with van der Waals surface area (Å²) in [4.78, 5) is 0. The maximum atomic E-state index is 13.4. The van der Waals surface area contributed by atoms with E-state index >= 15 is 0 Å². The largest absolute Gasteiger partial charge is 0.467 e. The fourth-order valence-electron chi connectivity index (χ4n) is 2.18. The van der Waals surface area contributed by atoms with Gasteiger partial charge in [-0.1, -0.05) is 19.1 Å². The first-order chi connectivity index (χ1) is 9.13. The third kappa shape index (κ3) is 3.04. The lowest BCUT2D eigenvalue weighted by atomic mass is 10.00. The van der Waals surface area contributed by atoms with Crippen LogP contribution in [0.15, 0.2) is 34.9 Å². The predicted octanol–water partition coefficient (Wildman–Crippen LogP) is 4.12. The molecule has 0 radical (unpaired) electrons. The van der Waals surface area contributed by atoms with Crippen molar-refractivity contribution in [3.05, 3.63) is 58.8 Å². The van der Waals surface area contributed by atoms with Crippen molar-refractivity contribution in [3.8, 4) is 0 Å². The lowest BCUT2D eigenvalue weighted by Gasteiger charge is -2.18. The van der Waals surface area contributed by atoms with Crippen molar-refractivity contribution in [2.75, 3.05) is 6.54 Å². The van der Waals surface area contributed by atoms with Gasteiger partial charge in [0.15, 0.2) is 0 Å². The molecule has 1 heterocycles. The Bertz CT molecular complexity index is 547. The first kappa shape index (κ1) is 13.8. The van der Waals surface area contributed by atoms with Crippen LogP contribution in [0.2, 0.25) is 0 Å². The lowest BCUT2D eigenvalue weighted by Crippen LogP contribution is -2.23. The molecule has 2 aromatic rings. The number of nitrogens with one attached hydrogen (secondary N) is 1. The summed E-state index contributed by atoms with van der Waals surface area (Å²) in [6, 6.07) is 7.15. The molecule has 0 saturated carbocycles. The minimum absolute atomic E-state index is 0.0192. The van der Waals surface area contributed by atoms with E-state index in [1.165, 1.54) is 6.07 Å². The highest BCUT2D eigenvalue weighted by atomic mass is 19.1. The van der Waals surface area contributed by atoms with Crippen LogP contribution in [-0.2, 0) is 0 Å². The standard InChI is InChI=1S/C16H20FNO/c1-4-8-18-15(16-11(2)7-9-19-16)13-5-6-14(17)12(3)10-13/h5-7,9-10,15,18H,4,8H2,1-3H3. The number of hydrogen-bond donors (Lipinski definition) is 1. The first-order valence-corrected chi connectivity index (χ1v) is 6.67. The molecular formula is C16H20FNO. The van der Waals surface area contributed by atoms with E-state index in [0.29, 0.717) is 5.56 Å². The summed E-state index contributed by atoms with van der Waals surface area (Å²) in [5, 5.41) is 3.46. The van der Waals surface area contributed by atoms with Crippen molar-refractivity contribution in [1.82, 2.24) is 5.32 Å². The Labute approximate surface area is 113 Å². The molecule has 1 unspecified atom stereocenters. The van der Waals surface area contributed by atoms with Gasteiger partial charge in [-0.05, 0) is 55.6 Å². The highest BCUT2D eigenvalue weighted by Crippen LogP contribution is 2.27. The normalized spacial score (nSPS) is 12.6. The van der Waals surface area contributed by atoms with Gasteiger partial charge in [0, 0.05) is 0 Å². The van der Waals surface area contributed by atoms with Crippen molar-refractivity contribution in [3.63, 3.8) is 0 Å². The van der Waals surface area contributed by atoms with Gasteiger partial charge in [0.1, 0.15) is 11.6 Å². The van der Waals surface area contributed by atoms with E-state index in [0.717, 1.165) is 29.9 Å².